The van der Waals surface area contributed by atoms with Crippen molar-refractivity contribution in [2.75, 3.05) is 37.4 Å². The van der Waals surface area contributed by atoms with Crippen molar-refractivity contribution >= 4 is 27.3 Å². The Hall–Kier alpha value is -0.740. The van der Waals surface area contributed by atoms with Gasteiger partial charge in [-0.25, -0.2) is 0 Å². The first-order chi connectivity index (χ1) is 8.20. The highest BCUT2D eigenvalue weighted by Crippen LogP contribution is 2.31. The summed E-state index contributed by atoms with van der Waals surface area (Å²) in [6, 6.07) is 6.02. The zero-order chi connectivity index (χ0) is 12.3. The minimum atomic E-state index is 0.712. The highest BCUT2D eigenvalue weighted by Gasteiger charge is 2.20. The number of nitrogens with two attached hydrogens (primary N) is 1. The monoisotopic (exact) mass is 298 g/mol. The van der Waals surface area contributed by atoms with Crippen molar-refractivity contribution in [3.63, 3.8) is 0 Å². The zero-order valence-corrected chi connectivity index (χ0v) is 11.7. The molecule has 1 aliphatic heterocycles. The lowest BCUT2D eigenvalue weighted by molar-refractivity contribution is 0.139. The third-order valence-electron chi connectivity index (χ3n) is 3.33. The van der Waals surface area contributed by atoms with Crippen LogP contribution in [-0.4, -0.2) is 26.8 Å². The van der Waals surface area contributed by atoms with Gasteiger partial charge in [0.2, 0.25) is 0 Å². The van der Waals surface area contributed by atoms with Crippen LogP contribution in [0.5, 0.6) is 0 Å². The van der Waals surface area contributed by atoms with Gasteiger partial charge in [0, 0.05) is 37.0 Å². The van der Waals surface area contributed by atoms with Crippen LogP contribution in [0.2, 0.25) is 0 Å². The van der Waals surface area contributed by atoms with E-state index in [0.29, 0.717) is 5.92 Å². The van der Waals surface area contributed by atoms with Crippen LogP contribution in [0.25, 0.3) is 0 Å². The molecule has 2 N–H and O–H groups in total. The van der Waals surface area contributed by atoms with E-state index >= 15 is 0 Å². The molecule has 1 heterocycles. The van der Waals surface area contributed by atoms with Crippen molar-refractivity contribution < 1.29 is 4.74 Å². The molecule has 4 heteroatoms. The summed E-state index contributed by atoms with van der Waals surface area (Å²) in [7, 11) is 1.78. The van der Waals surface area contributed by atoms with Crippen LogP contribution < -0.4 is 10.6 Å². The smallest absolute Gasteiger partial charge is 0.0512 e. The van der Waals surface area contributed by atoms with Crippen molar-refractivity contribution in [3.05, 3.63) is 22.7 Å². The molecule has 3 nitrogen and oxygen atoms in total. The van der Waals surface area contributed by atoms with E-state index in [2.05, 4.69) is 26.9 Å². The first kappa shape index (κ1) is 12.7. The van der Waals surface area contributed by atoms with E-state index in [4.69, 9.17) is 10.5 Å². The Morgan fingerprint density at radius 1 is 1.41 bits per heavy atom. The van der Waals surface area contributed by atoms with E-state index in [0.717, 1.165) is 29.9 Å². The Kier molecular flexibility index (Phi) is 4.29. The van der Waals surface area contributed by atoms with Gasteiger partial charge < -0.3 is 15.4 Å². The molecule has 17 heavy (non-hydrogen) atoms. The molecule has 0 atom stereocenters. The standard InChI is InChI=1S/C13H19BrN2O/c1-17-9-10-4-6-16(7-5-10)13-3-2-11(15)8-12(13)14/h2-3,8,10H,4-7,9,15H2,1H3. The summed E-state index contributed by atoms with van der Waals surface area (Å²) in [6.07, 6.45) is 2.40. The van der Waals surface area contributed by atoms with Crippen LogP contribution in [-0.2, 0) is 4.74 Å². The molecule has 0 saturated carbocycles. The number of rotatable bonds is 3. The summed E-state index contributed by atoms with van der Waals surface area (Å²) in [4.78, 5) is 2.41. The number of hydrogen-bond donors (Lipinski definition) is 1. The largest absolute Gasteiger partial charge is 0.399 e. The lowest BCUT2D eigenvalue weighted by atomic mass is 9.97. The third kappa shape index (κ3) is 3.13. The molecule has 0 spiro atoms. The Bertz CT molecular complexity index is 376. The zero-order valence-electron chi connectivity index (χ0n) is 10.2. The molecule has 0 amide bonds. The fourth-order valence-electron chi connectivity index (χ4n) is 2.36. The molecule has 2 rings (SSSR count). The van der Waals surface area contributed by atoms with Gasteiger partial charge in [0.15, 0.2) is 0 Å². The average Bonchev–Trinajstić information content (AvgIpc) is 2.31. The van der Waals surface area contributed by atoms with Gasteiger partial charge >= 0.3 is 0 Å². The number of benzene rings is 1. The SMILES string of the molecule is COCC1CCN(c2ccc(N)cc2Br)CC1. The number of nitrogens with zero attached hydrogens (tertiary/aromatic N) is 1. The maximum Gasteiger partial charge on any atom is 0.0512 e. The molecular weight excluding hydrogens is 280 g/mol. The molecule has 94 valence electrons. The number of ether oxygens (including phenoxy) is 1. The topological polar surface area (TPSA) is 38.5 Å². The highest BCUT2D eigenvalue weighted by atomic mass is 79.9. The van der Waals surface area contributed by atoms with Crippen molar-refractivity contribution in [1.29, 1.82) is 0 Å². The van der Waals surface area contributed by atoms with Crippen LogP contribution in [0, 0.1) is 5.92 Å². The molecule has 1 aromatic carbocycles. The van der Waals surface area contributed by atoms with E-state index in [-0.39, 0.29) is 0 Å². The Labute approximate surface area is 111 Å². The number of hydrogen-bond acceptors (Lipinski definition) is 3. The van der Waals surface area contributed by atoms with Gasteiger partial charge in [0.1, 0.15) is 0 Å². The number of anilines is 2. The molecule has 1 aliphatic rings. The van der Waals surface area contributed by atoms with Crippen LogP contribution in [0.15, 0.2) is 22.7 Å². The maximum atomic E-state index is 5.75. The maximum absolute atomic E-state index is 5.75. The van der Waals surface area contributed by atoms with Gasteiger partial charge in [0.25, 0.3) is 0 Å². The van der Waals surface area contributed by atoms with E-state index in [1.807, 2.05) is 12.1 Å². The number of methoxy groups -OCH3 is 1. The Balaban J connectivity index is 2.00. The molecule has 1 fully saturated rings. The van der Waals surface area contributed by atoms with Gasteiger partial charge in [0.05, 0.1) is 5.69 Å². The predicted octanol–water partition coefficient (Wildman–Crippen LogP) is 2.89. The van der Waals surface area contributed by atoms with E-state index in [9.17, 15) is 0 Å². The van der Waals surface area contributed by atoms with E-state index in [1.165, 1.54) is 18.5 Å². The number of piperidine rings is 1. The second-order valence-corrected chi connectivity index (χ2v) is 5.45. The number of halogens is 1. The minimum absolute atomic E-state index is 0.712. The molecular formula is C13H19BrN2O. The summed E-state index contributed by atoms with van der Waals surface area (Å²) >= 11 is 3.58. The van der Waals surface area contributed by atoms with Gasteiger partial charge in [-0.2, -0.15) is 0 Å². The van der Waals surface area contributed by atoms with Crippen LogP contribution in [0.1, 0.15) is 12.8 Å². The second-order valence-electron chi connectivity index (χ2n) is 4.60. The minimum Gasteiger partial charge on any atom is -0.399 e. The molecule has 0 unspecified atom stereocenters. The van der Waals surface area contributed by atoms with Gasteiger partial charge in [-0.05, 0) is 52.9 Å². The first-order valence-corrected chi connectivity index (χ1v) is 6.79. The van der Waals surface area contributed by atoms with Gasteiger partial charge in [-0.15, -0.1) is 0 Å². The normalized spacial score (nSPS) is 17.4. The summed E-state index contributed by atoms with van der Waals surface area (Å²) in [5, 5.41) is 0. The molecule has 1 aromatic rings. The van der Waals surface area contributed by atoms with E-state index in [1.54, 1.807) is 7.11 Å². The lowest BCUT2D eigenvalue weighted by Gasteiger charge is -2.34. The van der Waals surface area contributed by atoms with Crippen molar-refractivity contribution in [2.45, 2.75) is 12.8 Å². The molecule has 0 bridgehead atoms. The predicted molar refractivity (Wildman–Crippen MR) is 75.4 cm³/mol. The van der Waals surface area contributed by atoms with Crippen molar-refractivity contribution in [1.82, 2.24) is 0 Å². The van der Waals surface area contributed by atoms with E-state index < -0.39 is 0 Å². The fraction of sp³-hybridized carbons (Fsp3) is 0.538. The Morgan fingerprint density at radius 2 is 2.12 bits per heavy atom. The lowest BCUT2D eigenvalue weighted by Crippen LogP contribution is -2.35. The Morgan fingerprint density at radius 3 is 2.71 bits per heavy atom. The van der Waals surface area contributed by atoms with Crippen LogP contribution in [0.4, 0.5) is 11.4 Å². The summed E-state index contributed by atoms with van der Waals surface area (Å²) in [5.74, 6) is 0.712. The van der Waals surface area contributed by atoms with Crippen molar-refractivity contribution in [2.24, 2.45) is 5.92 Å². The first-order valence-electron chi connectivity index (χ1n) is 5.99. The highest BCUT2D eigenvalue weighted by molar-refractivity contribution is 9.10. The molecule has 0 radical (unpaired) electrons. The molecule has 1 saturated heterocycles. The summed E-state index contributed by atoms with van der Waals surface area (Å²) in [6.45, 7) is 3.07. The van der Waals surface area contributed by atoms with Crippen molar-refractivity contribution in [3.8, 4) is 0 Å². The van der Waals surface area contributed by atoms with Crippen LogP contribution >= 0.6 is 15.9 Å². The van der Waals surface area contributed by atoms with Gasteiger partial charge in [-0.3, -0.25) is 0 Å². The number of nitrogen functional groups attached to an aromatic ring is 1. The van der Waals surface area contributed by atoms with Crippen LogP contribution in [0.3, 0.4) is 0 Å². The average molecular weight is 299 g/mol. The summed E-state index contributed by atoms with van der Waals surface area (Å²) in [5.41, 5.74) is 7.80. The fourth-order valence-corrected chi connectivity index (χ4v) is 3.00. The molecule has 0 aliphatic carbocycles. The second kappa shape index (κ2) is 5.74. The summed E-state index contributed by atoms with van der Waals surface area (Å²) < 4.78 is 6.30. The van der Waals surface area contributed by atoms with Gasteiger partial charge in [-0.1, -0.05) is 0 Å². The third-order valence-corrected chi connectivity index (χ3v) is 3.96. The molecule has 0 aromatic heterocycles. The quantitative estimate of drug-likeness (QED) is 0.872.